The molecule has 1 aromatic carbocycles. The predicted octanol–water partition coefficient (Wildman–Crippen LogP) is 2.72. The summed E-state index contributed by atoms with van der Waals surface area (Å²) in [5, 5.41) is 0.392. The van der Waals surface area contributed by atoms with E-state index in [1.54, 1.807) is 12.1 Å². The van der Waals surface area contributed by atoms with Crippen molar-refractivity contribution in [1.29, 1.82) is 0 Å². The molecular weight excluding hydrogens is 256 g/mol. The van der Waals surface area contributed by atoms with E-state index in [-0.39, 0.29) is 6.10 Å². The van der Waals surface area contributed by atoms with Gasteiger partial charge in [0.25, 0.3) is 0 Å². The molecule has 0 atom stereocenters. The zero-order valence-corrected chi connectivity index (χ0v) is 10.9. The predicted molar refractivity (Wildman–Crippen MR) is 67.9 cm³/mol. The maximum absolute atomic E-state index is 10.8. The Labute approximate surface area is 111 Å². The van der Waals surface area contributed by atoms with Crippen LogP contribution in [0.4, 0.5) is 0 Å². The molecule has 0 N–H and O–H groups in total. The number of ether oxygens (including phenoxy) is 3. The Balaban J connectivity index is 2.22. The third-order valence-corrected chi connectivity index (χ3v) is 3.12. The minimum atomic E-state index is 0.0761. The van der Waals surface area contributed by atoms with Crippen LogP contribution in [0.2, 0.25) is 5.02 Å². The monoisotopic (exact) mass is 270 g/mol. The molecule has 0 saturated carbocycles. The summed E-state index contributed by atoms with van der Waals surface area (Å²) in [6.07, 6.45) is 2.46. The summed E-state index contributed by atoms with van der Waals surface area (Å²) in [4.78, 5) is 10.8. The van der Waals surface area contributed by atoms with Gasteiger partial charge in [-0.1, -0.05) is 11.6 Å². The fourth-order valence-corrected chi connectivity index (χ4v) is 2.15. The van der Waals surface area contributed by atoms with E-state index in [0.717, 1.165) is 19.1 Å². The lowest BCUT2D eigenvalue weighted by molar-refractivity contribution is 0.0246. The van der Waals surface area contributed by atoms with Crippen LogP contribution in [0.25, 0.3) is 0 Å². The summed E-state index contributed by atoms with van der Waals surface area (Å²) in [5.74, 6) is 0.979. The quantitative estimate of drug-likeness (QED) is 0.789. The number of halogens is 1. The molecule has 0 bridgehead atoms. The van der Waals surface area contributed by atoms with Crippen molar-refractivity contribution < 1.29 is 19.0 Å². The molecule has 1 saturated heterocycles. The molecule has 1 aliphatic rings. The number of benzene rings is 1. The van der Waals surface area contributed by atoms with Gasteiger partial charge in [0.15, 0.2) is 11.5 Å². The van der Waals surface area contributed by atoms with Gasteiger partial charge in [0.2, 0.25) is 0 Å². The average Bonchev–Trinajstić information content (AvgIpc) is 2.42. The summed E-state index contributed by atoms with van der Waals surface area (Å²) in [6, 6.07) is 3.19. The molecule has 18 heavy (non-hydrogen) atoms. The summed E-state index contributed by atoms with van der Waals surface area (Å²) in [5.41, 5.74) is 0.469. The van der Waals surface area contributed by atoms with Crippen LogP contribution in [0, 0.1) is 0 Å². The number of aldehydes is 1. The van der Waals surface area contributed by atoms with Crippen molar-refractivity contribution in [2.24, 2.45) is 0 Å². The molecule has 5 heteroatoms. The molecule has 0 unspecified atom stereocenters. The smallest absolute Gasteiger partial charge is 0.180 e. The molecule has 0 amide bonds. The molecular formula is C13H15ClO4. The van der Waals surface area contributed by atoms with Crippen molar-refractivity contribution in [1.82, 2.24) is 0 Å². The van der Waals surface area contributed by atoms with Gasteiger partial charge in [0, 0.05) is 18.4 Å². The van der Waals surface area contributed by atoms with Gasteiger partial charge in [-0.05, 0) is 12.1 Å². The van der Waals surface area contributed by atoms with Crippen molar-refractivity contribution >= 4 is 17.9 Å². The third-order valence-electron chi connectivity index (χ3n) is 2.84. The maximum atomic E-state index is 10.8. The summed E-state index contributed by atoms with van der Waals surface area (Å²) in [7, 11) is 1.52. The van der Waals surface area contributed by atoms with Gasteiger partial charge in [0.05, 0.1) is 25.3 Å². The van der Waals surface area contributed by atoms with Crippen LogP contribution in [0.15, 0.2) is 12.1 Å². The maximum Gasteiger partial charge on any atom is 0.180 e. The van der Waals surface area contributed by atoms with E-state index >= 15 is 0 Å². The van der Waals surface area contributed by atoms with Crippen molar-refractivity contribution in [2.75, 3.05) is 20.3 Å². The molecule has 1 aromatic rings. The first-order valence-electron chi connectivity index (χ1n) is 5.81. The van der Waals surface area contributed by atoms with Gasteiger partial charge in [-0.3, -0.25) is 4.79 Å². The number of hydrogen-bond donors (Lipinski definition) is 0. The Kier molecular flexibility index (Phi) is 4.44. The number of carbonyl (C=O) groups excluding carboxylic acids is 1. The van der Waals surface area contributed by atoms with E-state index in [9.17, 15) is 4.79 Å². The molecule has 0 spiro atoms. The molecule has 4 nitrogen and oxygen atoms in total. The first kappa shape index (κ1) is 13.2. The van der Waals surface area contributed by atoms with Gasteiger partial charge < -0.3 is 14.2 Å². The highest BCUT2D eigenvalue weighted by Crippen LogP contribution is 2.37. The van der Waals surface area contributed by atoms with Crippen molar-refractivity contribution in [3.8, 4) is 11.5 Å². The highest BCUT2D eigenvalue weighted by atomic mass is 35.5. The van der Waals surface area contributed by atoms with Crippen molar-refractivity contribution in [3.05, 3.63) is 22.7 Å². The summed E-state index contributed by atoms with van der Waals surface area (Å²) >= 11 is 6.12. The van der Waals surface area contributed by atoms with E-state index in [4.69, 9.17) is 25.8 Å². The zero-order valence-electron chi connectivity index (χ0n) is 10.1. The number of methoxy groups -OCH3 is 1. The van der Waals surface area contributed by atoms with Crippen LogP contribution in [0.5, 0.6) is 11.5 Å². The second-order valence-corrected chi connectivity index (χ2v) is 4.49. The Morgan fingerprint density at radius 1 is 1.39 bits per heavy atom. The largest absolute Gasteiger partial charge is 0.493 e. The Hall–Kier alpha value is -1.26. The van der Waals surface area contributed by atoms with Crippen molar-refractivity contribution in [3.63, 3.8) is 0 Å². The molecule has 0 aliphatic carbocycles. The average molecular weight is 271 g/mol. The van der Waals surface area contributed by atoms with E-state index in [2.05, 4.69) is 0 Å². The van der Waals surface area contributed by atoms with Crippen LogP contribution in [-0.4, -0.2) is 32.7 Å². The third kappa shape index (κ3) is 2.94. The molecule has 2 rings (SSSR count). The van der Waals surface area contributed by atoms with Crippen LogP contribution in [0.1, 0.15) is 23.2 Å². The summed E-state index contributed by atoms with van der Waals surface area (Å²) in [6.45, 7) is 1.38. The van der Waals surface area contributed by atoms with Gasteiger partial charge in [-0.2, -0.15) is 0 Å². The second kappa shape index (κ2) is 6.07. The fourth-order valence-electron chi connectivity index (χ4n) is 1.88. The minimum absolute atomic E-state index is 0.0761. The molecule has 0 radical (unpaired) electrons. The van der Waals surface area contributed by atoms with E-state index in [1.165, 1.54) is 7.11 Å². The molecule has 98 valence electrons. The SMILES string of the molecule is COc1cc(C=O)cc(Cl)c1OC1CCOCC1. The Morgan fingerprint density at radius 2 is 2.11 bits per heavy atom. The van der Waals surface area contributed by atoms with Crippen LogP contribution in [0.3, 0.4) is 0 Å². The van der Waals surface area contributed by atoms with Crippen molar-refractivity contribution in [2.45, 2.75) is 18.9 Å². The first-order chi connectivity index (χ1) is 8.74. The highest BCUT2D eigenvalue weighted by molar-refractivity contribution is 6.32. The number of carbonyl (C=O) groups is 1. The van der Waals surface area contributed by atoms with Crippen LogP contribution >= 0.6 is 11.6 Å². The number of rotatable bonds is 4. The lowest BCUT2D eigenvalue weighted by atomic mass is 10.1. The fraction of sp³-hybridized carbons (Fsp3) is 0.462. The Morgan fingerprint density at radius 3 is 2.72 bits per heavy atom. The first-order valence-corrected chi connectivity index (χ1v) is 6.19. The van der Waals surface area contributed by atoms with Crippen LogP contribution < -0.4 is 9.47 Å². The van der Waals surface area contributed by atoms with Crippen LogP contribution in [-0.2, 0) is 4.74 Å². The highest BCUT2D eigenvalue weighted by Gasteiger charge is 2.20. The minimum Gasteiger partial charge on any atom is -0.493 e. The molecule has 1 aliphatic heterocycles. The molecule has 1 heterocycles. The van der Waals surface area contributed by atoms with Gasteiger partial charge in [0.1, 0.15) is 12.4 Å². The van der Waals surface area contributed by atoms with E-state index in [0.29, 0.717) is 35.3 Å². The molecule has 0 aromatic heterocycles. The van der Waals surface area contributed by atoms with Gasteiger partial charge in [-0.25, -0.2) is 0 Å². The lowest BCUT2D eigenvalue weighted by Gasteiger charge is -2.24. The summed E-state index contributed by atoms with van der Waals surface area (Å²) < 4.78 is 16.3. The normalized spacial score (nSPS) is 16.3. The van der Waals surface area contributed by atoms with E-state index in [1.807, 2.05) is 0 Å². The zero-order chi connectivity index (χ0) is 13.0. The van der Waals surface area contributed by atoms with Gasteiger partial charge >= 0.3 is 0 Å². The number of hydrogen-bond acceptors (Lipinski definition) is 4. The standard InChI is InChI=1S/C13H15ClO4/c1-16-12-7-9(8-15)6-11(14)13(12)18-10-2-4-17-5-3-10/h6-8,10H,2-5H2,1H3. The topological polar surface area (TPSA) is 44.8 Å². The lowest BCUT2D eigenvalue weighted by Crippen LogP contribution is -2.26. The molecule has 1 fully saturated rings. The Bertz CT molecular complexity index is 427. The van der Waals surface area contributed by atoms with Gasteiger partial charge in [-0.15, -0.1) is 0 Å². The second-order valence-electron chi connectivity index (χ2n) is 4.08. The van der Waals surface area contributed by atoms with E-state index < -0.39 is 0 Å².